The molecule has 128 valence electrons. The topological polar surface area (TPSA) is 96.2 Å². The third-order valence-corrected chi connectivity index (χ3v) is 3.55. The number of hydrogen-bond donors (Lipinski definition) is 3. The highest BCUT2D eigenvalue weighted by molar-refractivity contribution is 5.88. The fourth-order valence-electron chi connectivity index (χ4n) is 2.30. The van der Waals surface area contributed by atoms with Crippen LogP contribution in [0.15, 0.2) is 36.4 Å². The SMILES string of the molecule is Cc1cc(NC(=O)NC(C)(C)CCC(=O)O)nn1-c1ccccc1. The van der Waals surface area contributed by atoms with Crippen LogP contribution in [-0.2, 0) is 4.79 Å². The zero-order chi connectivity index (χ0) is 17.7. The van der Waals surface area contributed by atoms with Gasteiger partial charge in [0.05, 0.1) is 5.69 Å². The first-order valence-corrected chi connectivity index (χ1v) is 7.70. The average Bonchev–Trinajstić information content (AvgIpc) is 2.86. The van der Waals surface area contributed by atoms with E-state index in [1.165, 1.54) is 0 Å². The van der Waals surface area contributed by atoms with Crippen LogP contribution in [0, 0.1) is 6.92 Å². The van der Waals surface area contributed by atoms with E-state index in [1.807, 2.05) is 37.3 Å². The van der Waals surface area contributed by atoms with Gasteiger partial charge >= 0.3 is 12.0 Å². The largest absolute Gasteiger partial charge is 0.481 e. The second kappa shape index (κ2) is 7.16. The summed E-state index contributed by atoms with van der Waals surface area (Å²) in [5, 5.41) is 18.6. The second-order valence-electron chi connectivity index (χ2n) is 6.28. The predicted molar refractivity (Wildman–Crippen MR) is 91.4 cm³/mol. The summed E-state index contributed by atoms with van der Waals surface area (Å²) in [4.78, 5) is 22.8. The van der Waals surface area contributed by atoms with E-state index >= 15 is 0 Å². The number of carboxylic acid groups (broad SMARTS) is 1. The third kappa shape index (κ3) is 4.84. The first-order chi connectivity index (χ1) is 11.3. The zero-order valence-corrected chi connectivity index (χ0v) is 14.0. The van der Waals surface area contributed by atoms with Gasteiger partial charge in [0.25, 0.3) is 0 Å². The fraction of sp³-hybridized carbons (Fsp3) is 0.353. The number of aliphatic carboxylic acids is 1. The van der Waals surface area contributed by atoms with Crippen molar-refractivity contribution in [3.63, 3.8) is 0 Å². The Kier molecular flexibility index (Phi) is 5.23. The predicted octanol–water partition coefficient (Wildman–Crippen LogP) is 2.95. The van der Waals surface area contributed by atoms with Crippen molar-refractivity contribution in [2.45, 2.75) is 39.2 Å². The molecule has 0 bridgehead atoms. The maximum atomic E-state index is 12.1. The van der Waals surface area contributed by atoms with Crippen molar-refractivity contribution in [2.24, 2.45) is 0 Å². The van der Waals surface area contributed by atoms with Crippen molar-refractivity contribution >= 4 is 17.8 Å². The van der Waals surface area contributed by atoms with Gasteiger partial charge in [0, 0.05) is 23.7 Å². The molecule has 0 atom stereocenters. The van der Waals surface area contributed by atoms with Gasteiger partial charge in [-0.1, -0.05) is 18.2 Å². The molecule has 0 saturated heterocycles. The minimum Gasteiger partial charge on any atom is -0.481 e. The van der Waals surface area contributed by atoms with Crippen molar-refractivity contribution < 1.29 is 14.7 Å². The Morgan fingerprint density at radius 3 is 2.54 bits per heavy atom. The molecule has 0 aliphatic rings. The first kappa shape index (κ1) is 17.5. The van der Waals surface area contributed by atoms with Crippen LogP contribution < -0.4 is 10.6 Å². The van der Waals surface area contributed by atoms with Gasteiger partial charge in [-0.15, -0.1) is 5.10 Å². The van der Waals surface area contributed by atoms with Crippen molar-refractivity contribution in [1.82, 2.24) is 15.1 Å². The van der Waals surface area contributed by atoms with Crippen LogP contribution >= 0.6 is 0 Å². The number of nitrogens with one attached hydrogen (secondary N) is 2. The van der Waals surface area contributed by atoms with Gasteiger partial charge in [-0.3, -0.25) is 10.1 Å². The number of hydrogen-bond acceptors (Lipinski definition) is 3. The molecule has 0 saturated carbocycles. The van der Waals surface area contributed by atoms with E-state index in [2.05, 4.69) is 15.7 Å². The van der Waals surface area contributed by atoms with Crippen LogP contribution in [0.25, 0.3) is 5.69 Å². The number of urea groups is 1. The monoisotopic (exact) mass is 330 g/mol. The Morgan fingerprint density at radius 2 is 1.92 bits per heavy atom. The maximum absolute atomic E-state index is 12.1. The molecule has 1 aromatic heterocycles. The highest BCUT2D eigenvalue weighted by Crippen LogP contribution is 2.16. The maximum Gasteiger partial charge on any atom is 0.320 e. The van der Waals surface area contributed by atoms with E-state index < -0.39 is 17.5 Å². The van der Waals surface area contributed by atoms with Crippen molar-refractivity contribution in [2.75, 3.05) is 5.32 Å². The highest BCUT2D eigenvalue weighted by atomic mass is 16.4. The minimum absolute atomic E-state index is 0.00494. The molecule has 0 aliphatic heterocycles. The molecular weight excluding hydrogens is 308 g/mol. The molecule has 2 rings (SSSR count). The molecule has 0 fully saturated rings. The molecule has 1 aromatic carbocycles. The van der Waals surface area contributed by atoms with E-state index in [-0.39, 0.29) is 6.42 Å². The molecule has 0 unspecified atom stereocenters. The normalized spacial score (nSPS) is 11.1. The van der Waals surface area contributed by atoms with E-state index in [0.29, 0.717) is 12.2 Å². The van der Waals surface area contributed by atoms with Crippen LogP contribution in [-0.4, -0.2) is 32.4 Å². The van der Waals surface area contributed by atoms with E-state index in [4.69, 9.17) is 5.11 Å². The summed E-state index contributed by atoms with van der Waals surface area (Å²) < 4.78 is 1.74. The molecule has 2 aromatic rings. The summed E-state index contributed by atoms with van der Waals surface area (Å²) in [7, 11) is 0. The summed E-state index contributed by atoms with van der Waals surface area (Å²) >= 11 is 0. The number of benzene rings is 1. The summed E-state index contributed by atoms with van der Waals surface area (Å²) in [5.74, 6) is -0.453. The van der Waals surface area contributed by atoms with E-state index in [9.17, 15) is 9.59 Å². The van der Waals surface area contributed by atoms with Gasteiger partial charge in [-0.05, 0) is 39.3 Å². The zero-order valence-electron chi connectivity index (χ0n) is 14.0. The Bertz CT molecular complexity index is 723. The molecule has 7 heteroatoms. The third-order valence-electron chi connectivity index (χ3n) is 3.55. The number of rotatable bonds is 6. The fourth-order valence-corrected chi connectivity index (χ4v) is 2.30. The van der Waals surface area contributed by atoms with Gasteiger partial charge < -0.3 is 10.4 Å². The average molecular weight is 330 g/mol. The summed E-state index contributed by atoms with van der Waals surface area (Å²) in [5.41, 5.74) is 1.17. The highest BCUT2D eigenvalue weighted by Gasteiger charge is 2.22. The van der Waals surface area contributed by atoms with E-state index in [0.717, 1.165) is 11.4 Å². The number of para-hydroxylation sites is 1. The lowest BCUT2D eigenvalue weighted by molar-refractivity contribution is -0.137. The Balaban J connectivity index is 2.01. The van der Waals surface area contributed by atoms with Gasteiger partial charge in [-0.2, -0.15) is 0 Å². The van der Waals surface area contributed by atoms with Crippen molar-refractivity contribution in [3.8, 4) is 5.69 Å². The number of aryl methyl sites for hydroxylation is 1. The standard InChI is InChI=1S/C17H22N4O3/c1-12-11-14(20-21(12)13-7-5-4-6-8-13)18-16(24)19-17(2,3)10-9-15(22)23/h4-8,11H,9-10H2,1-3H3,(H,22,23)(H2,18,19,20,24). The molecule has 0 aliphatic carbocycles. The summed E-state index contributed by atoms with van der Waals surface area (Å²) in [6, 6.07) is 11.0. The van der Waals surface area contributed by atoms with Crippen LogP contribution in [0.4, 0.5) is 10.6 Å². The van der Waals surface area contributed by atoms with Gasteiger partial charge in [-0.25, -0.2) is 9.48 Å². The number of amides is 2. The molecule has 3 N–H and O–H groups in total. The number of carbonyl (C=O) groups is 2. The van der Waals surface area contributed by atoms with E-state index in [1.54, 1.807) is 24.6 Å². The minimum atomic E-state index is -0.887. The van der Waals surface area contributed by atoms with Gasteiger partial charge in [0.2, 0.25) is 0 Å². The number of carboxylic acids is 1. The lowest BCUT2D eigenvalue weighted by Gasteiger charge is -2.25. The number of carbonyl (C=O) groups excluding carboxylic acids is 1. The second-order valence-corrected chi connectivity index (χ2v) is 6.28. The Morgan fingerprint density at radius 1 is 1.25 bits per heavy atom. The Labute approximate surface area is 140 Å². The van der Waals surface area contributed by atoms with Gasteiger partial charge in [0.15, 0.2) is 5.82 Å². The van der Waals surface area contributed by atoms with Crippen LogP contribution in [0.2, 0.25) is 0 Å². The summed E-state index contributed by atoms with van der Waals surface area (Å²) in [6.07, 6.45) is 0.336. The quantitative estimate of drug-likeness (QED) is 0.758. The molecule has 7 nitrogen and oxygen atoms in total. The van der Waals surface area contributed by atoms with Crippen LogP contribution in [0.3, 0.4) is 0 Å². The molecule has 0 spiro atoms. The Hall–Kier alpha value is -2.83. The molecule has 1 heterocycles. The lowest BCUT2D eigenvalue weighted by atomic mass is 9.99. The number of nitrogens with zero attached hydrogens (tertiary/aromatic N) is 2. The molecular formula is C17H22N4O3. The van der Waals surface area contributed by atoms with Crippen molar-refractivity contribution in [1.29, 1.82) is 0 Å². The number of aromatic nitrogens is 2. The molecule has 0 radical (unpaired) electrons. The van der Waals surface area contributed by atoms with Crippen LogP contribution in [0.5, 0.6) is 0 Å². The van der Waals surface area contributed by atoms with Crippen LogP contribution in [0.1, 0.15) is 32.4 Å². The first-order valence-electron chi connectivity index (χ1n) is 7.70. The number of anilines is 1. The van der Waals surface area contributed by atoms with Gasteiger partial charge in [0.1, 0.15) is 0 Å². The molecule has 2 amide bonds. The lowest BCUT2D eigenvalue weighted by Crippen LogP contribution is -2.45. The van der Waals surface area contributed by atoms with Crippen molar-refractivity contribution in [3.05, 3.63) is 42.1 Å². The summed E-state index contributed by atoms with van der Waals surface area (Å²) in [6.45, 7) is 5.46. The molecule has 24 heavy (non-hydrogen) atoms. The smallest absolute Gasteiger partial charge is 0.320 e.